The normalized spacial score (nSPS) is 48.3. The van der Waals surface area contributed by atoms with Crippen molar-refractivity contribution in [2.45, 2.75) is 32.3 Å². The van der Waals surface area contributed by atoms with Crippen molar-refractivity contribution in [3.63, 3.8) is 0 Å². The minimum Gasteiger partial charge on any atom is -0.378 e. The quantitative estimate of drug-likeness (QED) is 0.520. The highest BCUT2D eigenvalue weighted by Gasteiger charge is 2.39. The number of hydrogen-bond acceptors (Lipinski definition) is 1. The van der Waals surface area contributed by atoms with Crippen molar-refractivity contribution in [1.29, 1.82) is 0 Å². The largest absolute Gasteiger partial charge is 0.378 e. The third kappa shape index (κ3) is 0.787. The Hall–Kier alpha value is -0.0400. The fourth-order valence-corrected chi connectivity index (χ4v) is 2.26. The van der Waals surface area contributed by atoms with Crippen LogP contribution in [0.2, 0.25) is 0 Å². The number of ether oxygens (including phenoxy) is 1. The van der Waals surface area contributed by atoms with E-state index in [2.05, 4.69) is 6.92 Å². The zero-order chi connectivity index (χ0) is 6.27. The van der Waals surface area contributed by atoms with Gasteiger partial charge in [-0.05, 0) is 24.7 Å². The van der Waals surface area contributed by atoms with Gasteiger partial charge in [0.2, 0.25) is 0 Å². The molecule has 1 heteroatoms. The molecule has 0 spiro atoms. The summed E-state index contributed by atoms with van der Waals surface area (Å²) in [5.41, 5.74) is 0. The van der Waals surface area contributed by atoms with Crippen LogP contribution in [0, 0.1) is 11.8 Å². The SMILES string of the molecule is CC[C@@H]1C[C@H]2C[C@@H]1CO2. The van der Waals surface area contributed by atoms with Crippen LogP contribution in [-0.2, 0) is 4.74 Å². The molecule has 1 nitrogen and oxygen atoms in total. The summed E-state index contributed by atoms with van der Waals surface area (Å²) in [6.07, 6.45) is 4.73. The summed E-state index contributed by atoms with van der Waals surface area (Å²) in [5, 5.41) is 0. The van der Waals surface area contributed by atoms with Crippen LogP contribution in [-0.4, -0.2) is 12.7 Å². The molecule has 0 amide bonds. The summed E-state index contributed by atoms with van der Waals surface area (Å²) < 4.78 is 5.48. The summed E-state index contributed by atoms with van der Waals surface area (Å²) in [6, 6.07) is 0. The molecule has 0 aromatic heterocycles. The highest BCUT2D eigenvalue weighted by atomic mass is 16.5. The Morgan fingerprint density at radius 1 is 1.44 bits per heavy atom. The van der Waals surface area contributed by atoms with Gasteiger partial charge in [-0.3, -0.25) is 0 Å². The maximum Gasteiger partial charge on any atom is 0.0581 e. The first-order chi connectivity index (χ1) is 4.40. The number of rotatable bonds is 1. The Labute approximate surface area is 56.4 Å². The third-order valence-electron chi connectivity index (χ3n) is 2.87. The number of hydrogen-bond donors (Lipinski definition) is 0. The van der Waals surface area contributed by atoms with E-state index in [0.29, 0.717) is 6.10 Å². The zero-order valence-electron chi connectivity index (χ0n) is 5.97. The van der Waals surface area contributed by atoms with Crippen molar-refractivity contribution >= 4 is 0 Å². The van der Waals surface area contributed by atoms with Crippen molar-refractivity contribution in [3.05, 3.63) is 0 Å². The lowest BCUT2D eigenvalue weighted by Gasteiger charge is -2.19. The molecule has 1 saturated carbocycles. The van der Waals surface area contributed by atoms with Crippen molar-refractivity contribution < 1.29 is 4.74 Å². The van der Waals surface area contributed by atoms with Crippen molar-refractivity contribution in [1.82, 2.24) is 0 Å². The van der Waals surface area contributed by atoms with E-state index in [1.165, 1.54) is 19.3 Å². The molecule has 2 fully saturated rings. The monoisotopic (exact) mass is 126 g/mol. The highest BCUT2D eigenvalue weighted by molar-refractivity contribution is 4.88. The van der Waals surface area contributed by atoms with Crippen molar-refractivity contribution in [2.75, 3.05) is 6.61 Å². The molecule has 1 heterocycles. The smallest absolute Gasteiger partial charge is 0.0581 e. The Kier molecular flexibility index (Phi) is 1.26. The average molecular weight is 126 g/mol. The molecule has 0 aromatic rings. The van der Waals surface area contributed by atoms with Crippen LogP contribution >= 0.6 is 0 Å². The predicted octanol–water partition coefficient (Wildman–Crippen LogP) is 1.82. The Balaban J connectivity index is 2.01. The second-order valence-corrected chi connectivity index (χ2v) is 3.36. The lowest BCUT2D eigenvalue weighted by Crippen LogP contribution is -2.16. The van der Waals surface area contributed by atoms with E-state index in [9.17, 15) is 0 Å². The van der Waals surface area contributed by atoms with Crippen LogP contribution in [0.1, 0.15) is 26.2 Å². The van der Waals surface area contributed by atoms with E-state index in [1.807, 2.05) is 0 Å². The van der Waals surface area contributed by atoms with Gasteiger partial charge in [-0.2, -0.15) is 0 Å². The van der Waals surface area contributed by atoms with Gasteiger partial charge >= 0.3 is 0 Å². The van der Waals surface area contributed by atoms with Gasteiger partial charge in [0.25, 0.3) is 0 Å². The molecule has 0 radical (unpaired) electrons. The fourth-order valence-electron chi connectivity index (χ4n) is 2.26. The van der Waals surface area contributed by atoms with E-state index in [1.54, 1.807) is 0 Å². The van der Waals surface area contributed by atoms with Crippen LogP contribution in [0.15, 0.2) is 0 Å². The van der Waals surface area contributed by atoms with Crippen LogP contribution in [0.25, 0.3) is 0 Å². The molecule has 0 N–H and O–H groups in total. The topological polar surface area (TPSA) is 9.23 Å². The molecule has 1 aliphatic carbocycles. The van der Waals surface area contributed by atoms with Crippen LogP contribution in [0.3, 0.4) is 0 Å². The lowest BCUT2D eigenvalue weighted by atomic mass is 9.94. The summed E-state index contributed by atoms with van der Waals surface area (Å²) >= 11 is 0. The lowest BCUT2D eigenvalue weighted by molar-refractivity contribution is 0.0515. The second-order valence-electron chi connectivity index (χ2n) is 3.36. The first kappa shape index (κ1) is 5.72. The minimum absolute atomic E-state index is 0.653. The van der Waals surface area contributed by atoms with E-state index >= 15 is 0 Å². The second kappa shape index (κ2) is 1.98. The number of fused-ring (bicyclic) bond motifs is 2. The van der Waals surface area contributed by atoms with Crippen molar-refractivity contribution in [3.8, 4) is 0 Å². The van der Waals surface area contributed by atoms with E-state index in [4.69, 9.17) is 4.74 Å². The van der Waals surface area contributed by atoms with Gasteiger partial charge in [-0.25, -0.2) is 0 Å². The Morgan fingerprint density at radius 2 is 2.33 bits per heavy atom. The molecular formula is C8H14O. The maximum atomic E-state index is 5.48. The van der Waals surface area contributed by atoms with Crippen molar-refractivity contribution in [2.24, 2.45) is 11.8 Å². The van der Waals surface area contributed by atoms with Gasteiger partial charge in [0.05, 0.1) is 12.7 Å². The summed E-state index contributed by atoms with van der Waals surface area (Å²) in [7, 11) is 0. The molecule has 2 aliphatic rings. The Bertz CT molecular complexity index is 111. The summed E-state index contributed by atoms with van der Waals surface area (Å²) in [6.45, 7) is 3.36. The standard InChI is InChI=1S/C8H14O/c1-2-6-3-8-4-7(6)5-9-8/h6-8H,2-5H2,1H3/t6-,7-,8+/m1/s1. The van der Waals surface area contributed by atoms with Gasteiger partial charge in [0.15, 0.2) is 0 Å². The molecule has 2 rings (SSSR count). The molecule has 1 saturated heterocycles. The molecule has 1 aliphatic heterocycles. The van der Waals surface area contributed by atoms with Gasteiger partial charge < -0.3 is 4.74 Å². The molecule has 0 unspecified atom stereocenters. The van der Waals surface area contributed by atoms with Gasteiger partial charge in [-0.1, -0.05) is 13.3 Å². The molecule has 52 valence electrons. The molecule has 2 bridgehead atoms. The van der Waals surface area contributed by atoms with Gasteiger partial charge in [-0.15, -0.1) is 0 Å². The van der Waals surface area contributed by atoms with E-state index in [0.717, 1.165) is 18.4 Å². The van der Waals surface area contributed by atoms with Crippen LogP contribution in [0.5, 0.6) is 0 Å². The van der Waals surface area contributed by atoms with Gasteiger partial charge in [0, 0.05) is 0 Å². The summed E-state index contributed by atoms with van der Waals surface area (Å²) in [4.78, 5) is 0. The average Bonchev–Trinajstić information content (AvgIpc) is 2.45. The first-order valence-corrected chi connectivity index (χ1v) is 4.01. The Morgan fingerprint density at radius 3 is 2.67 bits per heavy atom. The van der Waals surface area contributed by atoms with Crippen LogP contribution < -0.4 is 0 Å². The van der Waals surface area contributed by atoms with Crippen LogP contribution in [0.4, 0.5) is 0 Å². The zero-order valence-corrected chi connectivity index (χ0v) is 5.97. The first-order valence-electron chi connectivity index (χ1n) is 4.01. The minimum atomic E-state index is 0.653. The molecule has 0 aromatic carbocycles. The molecule has 3 atom stereocenters. The predicted molar refractivity (Wildman–Crippen MR) is 36.2 cm³/mol. The summed E-state index contributed by atoms with van der Waals surface area (Å²) in [5.74, 6) is 1.93. The highest BCUT2D eigenvalue weighted by Crippen LogP contribution is 2.41. The van der Waals surface area contributed by atoms with E-state index < -0.39 is 0 Å². The molecule has 9 heavy (non-hydrogen) atoms. The van der Waals surface area contributed by atoms with Gasteiger partial charge in [0.1, 0.15) is 0 Å². The fraction of sp³-hybridized carbons (Fsp3) is 1.00. The maximum absolute atomic E-state index is 5.48. The molecular weight excluding hydrogens is 112 g/mol. The third-order valence-corrected chi connectivity index (χ3v) is 2.87. The van der Waals surface area contributed by atoms with E-state index in [-0.39, 0.29) is 0 Å².